The normalized spacial score (nSPS) is 11.8. The smallest absolute Gasteiger partial charge is 0.242 e. The van der Waals surface area contributed by atoms with Gasteiger partial charge in [0.05, 0.1) is 6.42 Å². The summed E-state index contributed by atoms with van der Waals surface area (Å²) in [6.07, 6.45) is 1.85. The van der Waals surface area contributed by atoms with Crippen LogP contribution in [0, 0.1) is 0 Å². The van der Waals surface area contributed by atoms with Crippen LogP contribution in [0.3, 0.4) is 0 Å². The monoisotopic (exact) mass is 454 g/mol. The van der Waals surface area contributed by atoms with E-state index in [0.29, 0.717) is 27.2 Å². The number of unbranched alkanes of at least 4 members (excludes halogenated alkanes) is 1. The van der Waals surface area contributed by atoms with Crippen LogP contribution in [0.1, 0.15) is 37.8 Å². The van der Waals surface area contributed by atoms with Gasteiger partial charge >= 0.3 is 0 Å². The fourth-order valence-electron chi connectivity index (χ4n) is 2.88. The molecule has 0 bridgehead atoms. The van der Waals surface area contributed by atoms with E-state index in [9.17, 15) is 9.59 Å². The summed E-state index contributed by atoms with van der Waals surface area (Å²) in [6, 6.07) is 11.7. The maximum atomic E-state index is 13.2. The van der Waals surface area contributed by atoms with Crippen molar-refractivity contribution in [1.29, 1.82) is 0 Å². The fraction of sp³-hybridized carbons (Fsp3) is 0.364. The molecule has 0 aliphatic carbocycles. The predicted molar refractivity (Wildman–Crippen MR) is 120 cm³/mol. The van der Waals surface area contributed by atoms with Crippen molar-refractivity contribution in [1.82, 2.24) is 10.2 Å². The van der Waals surface area contributed by atoms with Crippen molar-refractivity contribution in [3.63, 3.8) is 0 Å². The van der Waals surface area contributed by atoms with Crippen LogP contribution in [0.4, 0.5) is 0 Å². The molecule has 0 radical (unpaired) electrons. The van der Waals surface area contributed by atoms with Crippen LogP contribution in [0.25, 0.3) is 0 Å². The first kappa shape index (κ1) is 23.5. The third-order valence-electron chi connectivity index (χ3n) is 4.69. The molecule has 0 heterocycles. The van der Waals surface area contributed by atoms with Crippen molar-refractivity contribution in [3.05, 3.63) is 68.7 Å². The van der Waals surface area contributed by atoms with Gasteiger partial charge in [-0.15, -0.1) is 0 Å². The number of halogens is 3. The molecule has 0 fully saturated rings. The van der Waals surface area contributed by atoms with E-state index in [-0.39, 0.29) is 24.8 Å². The number of rotatable bonds is 9. The van der Waals surface area contributed by atoms with Crippen LogP contribution in [0.15, 0.2) is 42.5 Å². The maximum absolute atomic E-state index is 13.2. The minimum atomic E-state index is -0.670. The molecule has 0 saturated heterocycles. The van der Waals surface area contributed by atoms with Gasteiger partial charge in [0, 0.05) is 28.2 Å². The van der Waals surface area contributed by atoms with Crippen molar-refractivity contribution in [3.8, 4) is 0 Å². The van der Waals surface area contributed by atoms with Crippen LogP contribution in [-0.2, 0) is 22.6 Å². The van der Waals surface area contributed by atoms with E-state index in [2.05, 4.69) is 12.2 Å². The number of nitrogens with one attached hydrogen (secondary N) is 1. The van der Waals surface area contributed by atoms with Gasteiger partial charge in [0.1, 0.15) is 6.04 Å². The molecule has 2 aromatic rings. The first-order valence-corrected chi connectivity index (χ1v) is 10.7. The average molecular weight is 456 g/mol. The molecule has 2 amide bonds. The largest absolute Gasteiger partial charge is 0.354 e. The van der Waals surface area contributed by atoms with Crippen molar-refractivity contribution in [2.75, 3.05) is 6.54 Å². The number of amides is 2. The third-order valence-corrected chi connectivity index (χ3v) is 5.76. The first-order valence-electron chi connectivity index (χ1n) is 9.58. The molecule has 4 nitrogen and oxygen atoms in total. The number of nitrogens with zero attached hydrogens (tertiary/aromatic N) is 1. The molecule has 0 aliphatic rings. The molecule has 29 heavy (non-hydrogen) atoms. The Morgan fingerprint density at radius 1 is 1.00 bits per heavy atom. The summed E-state index contributed by atoms with van der Waals surface area (Å²) in [4.78, 5) is 27.3. The van der Waals surface area contributed by atoms with E-state index in [4.69, 9.17) is 34.8 Å². The lowest BCUT2D eigenvalue weighted by atomic mass is 10.1. The second kappa shape index (κ2) is 11.4. The van der Waals surface area contributed by atoms with Gasteiger partial charge in [-0.2, -0.15) is 0 Å². The van der Waals surface area contributed by atoms with Gasteiger partial charge in [-0.25, -0.2) is 0 Å². The molecule has 0 aliphatic heterocycles. The molecule has 0 saturated carbocycles. The van der Waals surface area contributed by atoms with Gasteiger partial charge < -0.3 is 10.2 Å². The van der Waals surface area contributed by atoms with Crippen LogP contribution in [0.5, 0.6) is 0 Å². The highest BCUT2D eigenvalue weighted by Crippen LogP contribution is 2.26. The van der Waals surface area contributed by atoms with Gasteiger partial charge in [0.15, 0.2) is 0 Å². The molecule has 1 atom stereocenters. The summed E-state index contributed by atoms with van der Waals surface area (Å²) < 4.78 is 0. The Balaban J connectivity index is 2.26. The lowest BCUT2D eigenvalue weighted by Crippen LogP contribution is -2.48. The van der Waals surface area contributed by atoms with Crippen molar-refractivity contribution < 1.29 is 9.59 Å². The lowest BCUT2D eigenvalue weighted by Gasteiger charge is -2.29. The summed E-state index contributed by atoms with van der Waals surface area (Å²) in [5.74, 6) is -0.456. The molecule has 1 N–H and O–H groups in total. The van der Waals surface area contributed by atoms with E-state index in [1.807, 2.05) is 18.2 Å². The molecule has 2 aromatic carbocycles. The SMILES string of the molecule is CCCCNC(=O)[C@H](C)N(Cc1ccccc1Cl)C(=O)Cc1c(Cl)cccc1Cl. The standard InChI is InChI=1S/C22H25Cl3N2O2/c1-3-4-12-26-22(29)15(2)27(14-16-8-5-6-9-18(16)23)21(28)13-17-19(24)10-7-11-20(17)25/h5-11,15H,3-4,12-14H2,1-2H3,(H,26,29)/t15-/m0/s1. The zero-order valence-electron chi connectivity index (χ0n) is 16.6. The highest BCUT2D eigenvalue weighted by Gasteiger charge is 2.27. The number of carbonyl (C=O) groups excluding carboxylic acids is 2. The summed E-state index contributed by atoms with van der Waals surface area (Å²) >= 11 is 18.8. The Labute approximate surface area is 187 Å². The Hall–Kier alpha value is -1.75. The Bertz CT molecular complexity index is 837. The van der Waals surface area contributed by atoms with Crippen LogP contribution < -0.4 is 5.32 Å². The molecule has 0 spiro atoms. The molecule has 0 unspecified atom stereocenters. The third kappa shape index (κ3) is 6.63. The molecular formula is C22H25Cl3N2O2. The Morgan fingerprint density at radius 3 is 2.24 bits per heavy atom. The Morgan fingerprint density at radius 2 is 1.62 bits per heavy atom. The van der Waals surface area contributed by atoms with Crippen molar-refractivity contribution in [2.24, 2.45) is 0 Å². The highest BCUT2D eigenvalue weighted by molar-refractivity contribution is 6.36. The second-order valence-corrected chi connectivity index (χ2v) is 8.03. The number of hydrogen-bond donors (Lipinski definition) is 1. The predicted octanol–water partition coefficient (Wildman–Crippen LogP) is 5.52. The number of hydrogen-bond acceptors (Lipinski definition) is 2. The quantitative estimate of drug-likeness (QED) is 0.506. The van der Waals surface area contributed by atoms with Crippen molar-refractivity contribution in [2.45, 2.75) is 45.7 Å². The second-order valence-electron chi connectivity index (χ2n) is 6.81. The van der Waals surface area contributed by atoms with Gasteiger partial charge in [0.25, 0.3) is 0 Å². The topological polar surface area (TPSA) is 49.4 Å². The summed E-state index contributed by atoms with van der Waals surface area (Å²) in [5, 5.41) is 4.27. The molecule has 156 valence electrons. The van der Waals surface area contributed by atoms with Crippen LogP contribution >= 0.6 is 34.8 Å². The number of benzene rings is 2. The van der Waals surface area contributed by atoms with Crippen LogP contribution in [-0.4, -0.2) is 29.3 Å². The average Bonchev–Trinajstić information content (AvgIpc) is 2.69. The molecule has 0 aromatic heterocycles. The first-order chi connectivity index (χ1) is 13.8. The van der Waals surface area contributed by atoms with Gasteiger partial charge in [-0.1, -0.05) is 72.4 Å². The van der Waals surface area contributed by atoms with E-state index >= 15 is 0 Å². The lowest BCUT2D eigenvalue weighted by molar-refractivity contribution is -0.140. The van der Waals surface area contributed by atoms with E-state index < -0.39 is 6.04 Å². The highest BCUT2D eigenvalue weighted by atomic mass is 35.5. The minimum Gasteiger partial charge on any atom is -0.354 e. The summed E-state index contributed by atoms with van der Waals surface area (Å²) in [6.45, 7) is 4.55. The van der Waals surface area contributed by atoms with Gasteiger partial charge in [0.2, 0.25) is 11.8 Å². The molecule has 7 heteroatoms. The zero-order valence-corrected chi connectivity index (χ0v) is 18.8. The fourth-order valence-corrected chi connectivity index (χ4v) is 3.61. The zero-order chi connectivity index (χ0) is 21.4. The molecule has 2 rings (SSSR count). The van der Waals surface area contributed by atoms with Crippen molar-refractivity contribution >= 4 is 46.6 Å². The van der Waals surface area contributed by atoms with E-state index in [1.165, 1.54) is 4.90 Å². The minimum absolute atomic E-state index is 0.00443. The summed E-state index contributed by atoms with van der Waals surface area (Å²) in [7, 11) is 0. The van der Waals surface area contributed by atoms with E-state index in [0.717, 1.165) is 18.4 Å². The van der Waals surface area contributed by atoms with Gasteiger partial charge in [-0.3, -0.25) is 9.59 Å². The number of carbonyl (C=O) groups is 2. The Kier molecular flexibility index (Phi) is 9.28. The maximum Gasteiger partial charge on any atom is 0.242 e. The summed E-state index contributed by atoms with van der Waals surface area (Å²) in [5.41, 5.74) is 1.31. The van der Waals surface area contributed by atoms with Gasteiger partial charge in [-0.05, 0) is 42.7 Å². The van der Waals surface area contributed by atoms with Crippen LogP contribution in [0.2, 0.25) is 15.1 Å². The van der Waals surface area contributed by atoms with E-state index in [1.54, 1.807) is 31.2 Å². The molecular weight excluding hydrogens is 431 g/mol.